The predicted octanol–water partition coefficient (Wildman–Crippen LogP) is 4.25. The molecular formula is C14H26O2. The molecule has 0 radical (unpaired) electrons. The van der Waals surface area contributed by atoms with Crippen LogP contribution in [0.2, 0.25) is 0 Å². The summed E-state index contributed by atoms with van der Waals surface area (Å²) in [5.41, 5.74) is 0. The average molecular weight is 226 g/mol. The number of carbonyl (C=O) groups excluding carboxylic acids is 1. The van der Waals surface area contributed by atoms with Crippen LogP contribution in [0.4, 0.5) is 0 Å². The topological polar surface area (TPSA) is 26.3 Å². The minimum Gasteiger partial charge on any atom is -0.466 e. The fourth-order valence-corrected chi connectivity index (χ4v) is 1.52. The third-order valence-electron chi connectivity index (χ3n) is 2.45. The van der Waals surface area contributed by atoms with Crippen molar-refractivity contribution in [1.82, 2.24) is 0 Å². The summed E-state index contributed by atoms with van der Waals surface area (Å²) in [6, 6.07) is 0. The van der Waals surface area contributed by atoms with E-state index in [1.54, 1.807) is 0 Å². The first-order chi connectivity index (χ1) is 7.81. The molecule has 0 saturated heterocycles. The zero-order valence-electron chi connectivity index (χ0n) is 10.8. The molecule has 0 rings (SSSR count). The second kappa shape index (κ2) is 12.3. The van der Waals surface area contributed by atoms with Crippen molar-refractivity contribution >= 4 is 5.97 Å². The number of esters is 1. The molecule has 0 spiro atoms. The zero-order chi connectivity index (χ0) is 12.1. The lowest BCUT2D eigenvalue weighted by atomic mass is 10.1. The highest BCUT2D eigenvalue weighted by Gasteiger charge is 2.00. The number of unbranched alkanes of at least 4 members (excludes halogenated alkanes) is 5. The van der Waals surface area contributed by atoms with Crippen molar-refractivity contribution < 1.29 is 9.53 Å². The third kappa shape index (κ3) is 11.3. The van der Waals surface area contributed by atoms with Gasteiger partial charge in [0.2, 0.25) is 0 Å². The van der Waals surface area contributed by atoms with Gasteiger partial charge in [-0.2, -0.15) is 0 Å². The highest BCUT2D eigenvalue weighted by molar-refractivity contribution is 5.69. The lowest BCUT2D eigenvalue weighted by Gasteiger charge is -2.02. The van der Waals surface area contributed by atoms with Crippen LogP contribution in [0.25, 0.3) is 0 Å². The van der Waals surface area contributed by atoms with E-state index in [4.69, 9.17) is 4.74 Å². The highest BCUT2D eigenvalue weighted by atomic mass is 16.5. The van der Waals surface area contributed by atoms with E-state index in [2.05, 4.69) is 19.1 Å². The fourth-order valence-electron chi connectivity index (χ4n) is 1.52. The molecular weight excluding hydrogens is 200 g/mol. The molecule has 0 aromatic heterocycles. The van der Waals surface area contributed by atoms with Gasteiger partial charge in [-0.15, -0.1) is 0 Å². The molecule has 0 bridgehead atoms. The first-order valence-electron chi connectivity index (χ1n) is 6.58. The van der Waals surface area contributed by atoms with Gasteiger partial charge < -0.3 is 4.74 Å². The summed E-state index contributed by atoms with van der Waals surface area (Å²) in [6.07, 6.45) is 12.9. The molecule has 0 amide bonds. The van der Waals surface area contributed by atoms with Gasteiger partial charge in [0, 0.05) is 6.42 Å². The van der Waals surface area contributed by atoms with E-state index in [1.807, 2.05) is 6.92 Å². The van der Waals surface area contributed by atoms with E-state index in [9.17, 15) is 4.79 Å². The molecule has 0 unspecified atom stereocenters. The van der Waals surface area contributed by atoms with Gasteiger partial charge in [-0.3, -0.25) is 4.79 Å². The van der Waals surface area contributed by atoms with E-state index in [0.29, 0.717) is 13.0 Å². The zero-order valence-corrected chi connectivity index (χ0v) is 10.8. The van der Waals surface area contributed by atoms with Crippen LogP contribution in [-0.4, -0.2) is 12.6 Å². The number of allylic oxidation sites excluding steroid dienone is 2. The molecule has 0 heterocycles. The first-order valence-corrected chi connectivity index (χ1v) is 6.58. The van der Waals surface area contributed by atoms with E-state index >= 15 is 0 Å². The summed E-state index contributed by atoms with van der Waals surface area (Å²) >= 11 is 0. The number of ether oxygens (including phenoxy) is 1. The molecule has 0 aromatic carbocycles. The van der Waals surface area contributed by atoms with Gasteiger partial charge >= 0.3 is 5.97 Å². The van der Waals surface area contributed by atoms with E-state index in [1.165, 1.54) is 25.7 Å². The van der Waals surface area contributed by atoms with Gasteiger partial charge in [-0.1, -0.05) is 38.3 Å². The Morgan fingerprint density at radius 3 is 2.50 bits per heavy atom. The summed E-state index contributed by atoms with van der Waals surface area (Å²) in [5.74, 6) is -0.0317. The van der Waals surface area contributed by atoms with Crippen molar-refractivity contribution in [2.45, 2.75) is 65.2 Å². The number of hydrogen-bond acceptors (Lipinski definition) is 2. The van der Waals surface area contributed by atoms with Crippen LogP contribution in [0.3, 0.4) is 0 Å². The van der Waals surface area contributed by atoms with Crippen LogP contribution in [0, 0.1) is 0 Å². The molecule has 0 aliphatic rings. The van der Waals surface area contributed by atoms with E-state index in [-0.39, 0.29) is 5.97 Å². The second-order valence-corrected chi connectivity index (χ2v) is 4.10. The lowest BCUT2D eigenvalue weighted by Crippen LogP contribution is -2.04. The van der Waals surface area contributed by atoms with Crippen LogP contribution >= 0.6 is 0 Å². The lowest BCUT2D eigenvalue weighted by molar-refractivity contribution is -0.143. The van der Waals surface area contributed by atoms with Crippen molar-refractivity contribution in [2.24, 2.45) is 0 Å². The van der Waals surface area contributed by atoms with Crippen LogP contribution in [0.15, 0.2) is 12.2 Å². The Hall–Kier alpha value is -0.790. The second-order valence-electron chi connectivity index (χ2n) is 4.10. The molecule has 0 aliphatic carbocycles. The van der Waals surface area contributed by atoms with Crippen LogP contribution in [0.5, 0.6) is 0 Å². The fraction of sp³-hybridized carbons (Fsp3) is 0.786. The molecule has 0 aliphatic heterocycles. The molecule has 0 aromatic rings. The number of hydrogen-bond donors (Lipinski definition) is 0. The van der Waals surface area contributed by atoms with E-state index in [0.717, 1.165) is 19.3 Å². The summed E-state index contributed by atoms with van der Waals surface area (Å²) in [6.45, 7) is 4.64. The molecule has 2 heteroatoms. The van der Waals surface area contributed by atoms with Crippen molar-refractivity contribution in [1.29, 1.82) is 0 Å². The van der Waals surface area contributed by atoms with Crippen LogP contribution < -0.4 is 0 Å². The SMILES string of the molecule is C/C=C\CCCCCCCC(=O)OCCC. The van der Waals surface area contributed by atoms with Gasteiger partial charge in [-0.25, -0.2) is 0 Å². The quantitative estimate of drug-likeness (QED) is 0.316. The molecule has 0 saturated carbocycles. The Morgan fingerprint density at radius 1 is 1.12 bits per heavy atom. The van der Waals surface area contributed by atoms with Crippen LogP contribution in [-0.2, 0) is 9.53 Å². The Bertz CT molecular complexity index is 185. The molecule has 16 heavy (non-hydrogen) atoms. The number of rotatable bonds is 10. The minimum atomic E-state index is -0.0317. The van der Waals surface area contributed by atoms with Gasteiger partial charge in [0.15, 0.2) is 0 Å². The number of carbonyl (C=O) groups is 1. The van der Waals surface area contributed by atoms with E-state index < -0.39 is 0 Å². The Labute approximate surface area is 100 Å². The minimum absolute atomic E-state index is 0.0317. The third-order valence-corrected chi connectivity index (χ3v) is 2.45. The normalized spacial score (nSPS) is 10.9. The maximum absolute atomic E-state index is 11.1. The maximum atomic E-state index is 11.1. The summed E-state index contributed by atoms with van der Waals surface area (Å²) in [4.78, 5) is 11.1. The summed E-state index contributed by atoms with van der Waals surface area (Å²) in [7, 11) is 0. The van der Waals surface area contributed by atoms with Crippen molar-refractivity contribution in [2.75, 3.05) is 6.61 Å². The maximum Gasteiger partial charge on any atom is 0.305 e. The van der Waals surface area contributed by atoms with Crippen molar-refractivity contribution in [3.05, 3.63) is 12.2 Å². The monoisotopic (exact) mass is 226 g/mol. The van der Waals surface area contributed by atoms with Gasteiger partial charge in [0.05, 0.1) is 6.61 Å². The smallest absolute Gasteiger partial charge is 0.305 e. The Kier molecular flexibility index (Phi) is 11.7. The molecule has 94 valence electrons. The van der Waals surface area contributed by atoms with Gasteiger partial charge in [0.25, 0.3) is 0 Å². The molecule has 0 atom stereocenters. The average Bonchev–Trinajstić information content (AvgIpc) is 2.30. The Balaban J connectivity index is 3.11. The van der Waals surface area contributed by atoms with Crippen molar-refractivity contribution in [3.63, 3.8) is 0 Å². The summed E-state index contributed by atoms with van der Waals surface area (Å²) in [5, 5.41) is 0. The molecule has 0 N–H and O–H groups in total. The van der Waals surface area contributed by atoms with Gasteiger partial charge in [0.1, 0.15) is 0 Å². The largest absolute Gasteiger partial charge is 0.466 e. The highest BCUT2D eigenvalue weighted by Crippen LogP contribution is 2.08. The van der Waals surface area contributed by atoms with Crippen LogP contribution in [0.1, 0.15) is 65.2 Å². The van der Waals surface area contributed by atoms with Crippen molar-refractivity contribution in [3.8, 4) is 0 Å². The molecule has 0 fully saturated rings. The Morgan fingerprint density at radius 2 is 1.81 bits per heavy atom. The standard InChI is InChI=1S/C14H26O2/c1-3-5-6-7-8-9-10-11-12-14(15)16-13-4-2/h3,5H,4,6-13H2,1-2H3/b5-3-. The first kappa shape index (κ1) is 15.2. The predicted molar refractivity (Wildman–Crippen MR) is 68.4 cm³/mol. The molecule has 2 nitrogen and oxygen atoms in total. The summed E-state index contributed by atoms with van der Waals surface area (Å²) < 4.78 is 5.00. The van der Waals surface area contributed by atoms with Gasteiger partial charge in [-0.05, 0) is 32.6 Å².